The third-order valence-corrected chi connectivity index (χ3v) is 9.99. The lowest BCUT2D eigenvalue weighted by atomic mass is 10.1. The normalized spacial score (nSPS) is 15.8. The molecular formula is C49H30N8. The van der Waals surface area contributed by atoms with Gasteiger partial charge >= 0.3 is 0 Å². The van der Waals surface area contributed by atoms with E-state index in [9.17, 15) is 6.85 Å². The molecule has 0 saturated carbocycles. The third kappa shape index (κ3) is 4.64. The third-order valence-electron chi connectivity index (χ3n) is 9.99. The number of hydrogen-bond donors (Lipinski definition) is 0. The molecule has 0 unspecified atom stereocenters. The zero-order chi connectivity index (χ0) is 51.4. The minimum atomic E-state index is -0.771. The van der Waals surface area contributed by atoms with E-state index >= 15 is 0 Å². The SMILES string of the molecule is [2H]c1c([2H])c([2H])c(-c2nc(-c3c([2H])c([2H])c([2H])c(-n4c5ccccc5c5ccncc54)c3-n3c4ccccc4c4cccnc43)nc(-n3c4c([2H])c([2H])c([2H])c([2H])c4c4c([2H])c([2H])c([2H])c([2H])c43)n2)c([2H])c1[2H]. The smallest absolute Gasteiger partial charge is 0.238 e. The van der Waals surface area contributed by atoms with Gasteiger partial charge in [-0.3, -0.25) is 14.1 Å². The Hall–Kier alpha value is -7.97. The van der Waals surface area contributed by atoms with Crippen LogP contribution in [0.4, 0.5) is 0 Å². The molecule has 6 aromatic carbocycles. The molecule has 57 heavy (non-hydrogen) atoms. The molecule has 0 saturated heterocycles. The Kier molecular flexibility index (Phi) is 4.21. The van der Waals surface area contributed by atoms with Gasteiger partial charge in [-0.25, -0.2) is 9.97 Å². The van der Waals surface area contributed by atoms with Crippen LogP contribution in [0.1, 0.15) is 21.9 Å². The van der Waals surface area contributed by atoms with E-state index in [4.69, 9.17) is 30.0 Å². The number of hydrogen-bond acceptors (Lipinski definition) is 5. The van der Waals surface area contributed by atoms with Crippen LogP contribution in [-0.2, 0) is 0 Å². The number of nitrogens with zero attached hydrogens (tertiary/aromatic N) is 8. The van der Waals surface area contributed by atoms with Gasteiger partial charge in [-0.15, -0.1) is 0 Å². The van der Waals surface area contributed by atoms with Crippen molar-refractivity contribution in [2.24, 2.45) is 0 Å². The molecule has 0 fully saturated rings. The van der Waals surface area contributed by atoms with E-state index < -0.39 is 131 Å². The zero-order valence-corrected chi connectivity index (χ0v) is 29.2. The van der Waals surface area contributed by atoms with Gasteiger partial charge in [0.25, 0.3) is 0 Å². The van der Waals surface area contributed by atoms with Crippen LogP contribution in [0.15, 0.2) is 182 Å². The van der Waals surface area contributed by atoms with E-state index in [1.807, 2.05) is 36.4 Å². The molecule has 0 N–H and O–H groups in total. The van der Waals surface area contributed by atoms with Gasteiger partial charge < -0.3 is 4.57 Å². The summed E-state index contributed by atoms with van der Waals surface area (Å²) in [5.74, 6) is -1.76. The van der Waals surface area contributed by atoms with Crippen LogP contribution in [-0.4, -0.2) is 38.6 Å². The molecule has 0 bridgehead atoms. The molecule has 0 aliphatic carbocycles. The van der Waals surface area contributed by atoms with Crippen molar-refractivity contribution in [3.63, 3.8) is 0 Å². The molecule has 8 heteroatoms. The average Bonchev–Trinajstić information content (AvgIpc) is 4.05. The molecule has 0 aliphatic heterocycles. The Morgan fingerprint density at radius 3 is 1.88 bits per heavy atom. The number of pyridine rings is 2. The van der Waals surface area contributed by atoms with Gasteiger partial charge in [0.2, 0.25) is 5.95 Å². The van der Waals surface area contributed by atoms with Crippen LogP contribution in [0.5, 0.6) is 0 Å². The van der Waals surface area contributed by atoms with E-state index in [2.05, 4.69) is 9.97 Å². The highest BCUT2D eigenvalue weighted by Gasteiger charge is 2.25. The summed E-state index contributed by atoms with van der Waals surface area (Å²) < 4.78 is 149. The molecular weight excluding hydrogens is 701 g/mol. The van der Waals surface area contributed by atoms with Gasteiger partial charge in [-0.2, -0.15) is 9.97 Å². The summed E-state index contributed by atoms with van der Waals surface area (Å²) in [6, 6.07) is 8.91. The van der Waals surface area contributed by atoms with E-state index in [-0.39, 0.29) is 27.7 Å². The number of benzene rings is 6. The molecule has 0 spiro atoms. The Morgan fingerprint density at radius 2 is 1.09 bits per heavy atom. The predicted molar refractivity (Wildman–Crippen MR) is 229 cm³/mol. The topological polar surface area (TPSA) is 79.2 Å². The molecule has 266 valence electrons. The minimum absolute atomic E-state index is 0.0117. The summed E-state index contributed by atoms with van der Waals surface area (Å²) in [6.45, 7) is 0. The summed E-state index contributed by atoms with van der Waals surface area (Å²) in [5.41, 5.74) is 0.298. The van der Waals surface area contributed by atoms with Gasteiger partial charge in [-0.05, 0) is 54.5 Å². The maximum absolute atomic E-state index is 9.94. The maximum Gasteiger partial charge on any atom is 0.238 e. The molecule has 6 heterocycles. The lowest BCUT2D eigenvalue weighted by Gasteiger charge is -2.20. The van der Waals surface area contributed by atoms with E-state index in [1.54, 1.807) is 58.1 Å². The molecule has 12 aromatic rings. The standard InChI is InChI=1S/C49H30N8/c1-2-14-31(15-3-1)46-52-47(54-49(53-46)56-40-23-9-5-16-32(40)33-17-6-10-24-41(33)56)38-20-12-26-43(55-39-22-8-4-18-34(39)36-27-29-50-30-44(36)55)45(38)57-42-25-11-7-19-35(42)37-21-13-28-51-48(37)57/h1-30H/i1D,2D,3D,5D,6D,9D,10D,12D,14D,15D,16D,17D,20D,23D,24D,26D. The molecule has 6 aromatic heterocycles. The van der Waals surface area contributed by atoms with E-state index in [0.29, 0.717) is 33.0 Å². The summed E-state index contributed by atoms with van der Waals surface area (Å²) in [4.78, 5) is 23.7. The lowest BCUT2D eigenvalue weighted by Crippen LogP contribution is -2.10. The second-order valence-electron chi connectivity index (χ2n) is 13.0. The lowest BCUT2D eigenvalue weighted by molar-refractivity contribution is 0.950. The van der Waals surface area contributed by atoms with Crippen LogP contribution in [0.3, 0.4) is 0 Å². The van der Waals surface area contributed by atoms with Crippen molar-refractivity contribution in [2.45, 2.75) is 0 Å². The minimum Gasteiger partial charge on any atom is -0.306 e. The Labute approximate surface area is 348 Å². The van der Waals surface area contributed by atoms with E-state index in [1.165, 1.54) is 0 Å². The van der Waals surface area contributed by atoms with Gasteiger partial charge in [0.15, 0.2) is 11.6 Å². The van der Waals surface area contributed by atoms with Crippen molar-refractivity contribution in [1.29, 1.82) is 0 Å². The predicted octanol–water partition coefficient (Wildman–Crippen LogP) is 11.3. The summed E-state index contributed by atoms with van der Waals surface area (Å²) >= 11 is 0. The monoisotopic (exact) mass is 746 g/mol. The number of aromatic nitrogens is 8. The van der Waals surface area contributed by atoms with Gasteiger partial charge in [0.05, 0.1) is 67.1 Å². The quantitative estimate of drug-likeness (QED) is 0.175. The summed E-state index contributed by atoms with van der Waals surface area (Å²) in [6.07, 6.45) is 4.78. The van der Waals surface area contributed by atoms with Crippen molar-refractivity contribution in [3.05, 3.63) is 182 Å². The molecule has 0 atom stereocenters. The first kappa shape index (κ1) is 19.6. The number of fused-ring (bicyclic) bond motifs is 9. The Balaban J connectivity index is 1.35. The second kappa shape index (κ2) is 12.3. The average molecular weight is 747 g/mol. The van der Waals surface area contributed by atoms with Crippen molar-refractivity contribution in [3.8, 4) is 40.1 Å². The van der Waals surface area contributed by atoms with Gasteiger partial charge in [-0.1, -0.05) is 109 Å². The fraction of sp³-hybridized carbons (Fsp3) is 0. The van der Waals surface area contributed by atoms with Crippen molar-refractivity contribution in [1.82, 2.24) is 38.6 Å². The Morgan fingerprint density at radius 1 is 0.439 bits per heavy atom. The van der Waals surface area contributed by atoms with Gasteiger partial charge in [0.1, 0.15) is 5.65 Å². The highest BCUT2D eigenvalue weighted by atomic mass is 15.2. The van der Waals surface area contributed by atoms with Crippen molar-refractivity contribution >= 4 is 65.5 Å². The van der Waals surface area contributed by atoms with Crippen LogP contribution < -0.4 is 0 Å². The van der Waals surface area contributed by atoms with E-state index in [0.717, 1.165) is 15.3 Å². The highest BCUT2D eigenvalue weighted by Crippen LogP contribution is 2.41. The van der Waals surface area contributed by atoms with Gasteiger partial charge in [0, 0.05) is 55.8 Å². The highest BCUT2D eigenvalue weighted by molar-refractivity contribution is 6.12. The maximum atomic E-state index is 9.94. The first-order valence-corrected chi connectivity index (χ1v) is 17.6. The fourth-order valence-electron chi connectivity index (χ4n) is 7.68. The molecule has 12 rings (SSSR count). The van der Waals surface area contributed by atoms with Crippen LogP contribution in [0.2, 0.25) is 0 Å². The summed E-state index contributed by atoms with van der Waals surface area (Å²) in [5, 5.41) is 2.17. The molecule has 8 nitrogen and oxygen atoms in total. The first-order valence-electron chi connectivity index (χ1n) is 25.6. The molecule has 0 aliphatic rings. The van der Waals surface area contributed by atoms with Crippen LogP contribution in [0, 0.1) is 0 Å². The second-order valence-corrected chi connectivity index (χ2v) is 13.0. The van der Waals surface area contributed by atoms with Crippen LogP contribution >= 0.6 is 0 Å². The van der Waals surface area contributed by atoms with Crippen molar-refractivity contribution in [2.75, 3.05) is 0 Å². The summed E-state index contributed by atoms with van der Waals surface area (Å²) in [7, 11) is 0. The molecule has 0 radical (unpaired) electrons. The largest absolute Gasteiger partial charge is 0.306 e. The van der Waals surface area contributed by atoms with Crippen molar-refractivity contribution < 1.29 is 21.9 Å². The zero-order valence-electron chi connectivity index (χ0n) is 45.2. The fourth-order valence-corrected chi connectivity index (χ4v) is 7.68. The Bertz CT molecular complexity index is 4280. The molecule has 0 amide bonds. The van der Waals surface area contributed by atoms with Crippen LogP contribution in [0.25, 0.3) is 106 Å². The number of para-hydroxylation sites is 5. The first-order chi connectivity index (χ1) is 35.0. The number of rotatable bonds is 5.